The molecule has 0 unspecified atom stereocenters. The van der Waals surface area contributed by atoms with Crippen LogP contribution in [0, 0.1) is 0 Å². The molecule has 0 radical (unpaired) electrons. The van der Waals surface area contributed by atoms with Crippen molar-refractivity contribution in [3.05, 3.63) is 81.0 Å². The van der Waals surface area contributed by atoms with Crippen molar-refractivity contribution in [3.8, 4) is 11.4 Å². The Balaban J connectivity index is 1.77. The van der Waals surface area contributed by atoms with Crippen molar-refractivity contribution in [2.75, 3.05) is 0 Å². The Morgan fingerprint density at radius 3 is 2.81 bits per heavy atom. The van der Waals surface area contributed by atoms with Gasteiger partial charge < -0.3 is 4.74 Å². The third-order valence-electron chi connectivity index (χ3n) is 4.79. The quantitative estimate of drug-likeness (QED) is 0.434. The van der Waals surface area contributed by atoms with Crippen LogP contribution in [0.5, 0.6) is 5.75 Å². The molecule has 4 heterocycles. The summed E-state index contributed by atoms with van der Waals surface area (Å²) in [4.78, 5) is 17.9. The van der Waals surface area contributed by atoms with Gasteiger partial charge in [-0.3, -0.25) is 14.5 Å². The molecular weight excluding hydrogens is 429 g/mol. The fraction of sp³-hybridized carbons (Fsp3) is 0.0952. The van der Waals surface area contributed by atoms with Gasteiger partial charge in [0.2, 0.25) is 0 Å². The Morgan fingerprint density at radius 2 is 2.03 bits per heavy atom. The zero-order valence-corrected chi connectivity index (χ0v) is 16.5. The molecule has 6 nitrogen and oxygen atoms in total. The fourth-order valence-electron chi connectivity index (χ4n) is 3.56. The summed E-state index contributed by atoms with van der Waals surface area (Å²) >= 11 is 1.54. The van der Waals surface area contributed by atoms with Gasteiger partial charge in [-0.25, -0.2) is 4.98 Å². The molecule has 0 spiro atoms. The maximum absolute atomic E-state index is 13.6. The van der Waals surface area contributed by atoms with Crippen molar-refractivity contribution < 1.29 is 17.9 Å². The number of fused-ring (bicyclic) bond motifs is 3. The largest absolute Gasteiger partial charge is 0.573 e. The number of ether oxygens (including phenoxy) is 1. The predicted octanol–water partition coefficient (Wildman–Crippen LogP) is 4.81. The van der Waals surface area contributed by atoms with E-state index in [0.717, 1.165) is 11.6 Å². The summed E-state index contributed by atoms with van der Waals surface area (Å²) in [5.74, 6) is -0.424. The monoisotopic (exact) mass is 442 g/mol. The van der Waals surface area contributed by atoms with E-state index >= 15 is 0 Å². The van der Waals surface area contributed by atoms with Gasteiger partial charge in [-0.2, -0.15) is 16.4 Å². The average molecular weight is 442 g/mol. The summed E-state index contributed by atoms with van der Waals surface area (Å²) in [6.45, 7) is 0. The summed E-state index contributed by atoms with van der Waals surface area (Å²) in [6, 6.07) is 10.7. The van der Waals surface area contributed by atoms with Crippen molar-refractivity contribution in [2.45, 2.75) is 12.8 Å². The molecule has 31 heavy (non-hydrogen) atoms. The molecule has 4 aromatic heterocycles. The Labute approximate surface area is 176 Å². The number of hydrogen-bond acceptors (Lipinski definition) is 5. The molecule has 10 heteroatoms. The number of aromatic amines is 1. The van der Waals surface area contributed by atoms with Crippen LogP contribution in [-0.4, -0.2) is 26.1 Å². The van der Waals surface area contributed by atoms with Crippen LogP contribution in [-0.2, 0) is 6.42 Å². The molecule has 0 aliphatic heterocycles. The van der Waals surface area contributed by atoms with Gasteiger partial charge in [0.05, 0.1) is 22.3 Å². The fourth-order valence-corrected chi connectivity index (χ4v) is 4.23. The first-order valence-corrected chi connectivity index (χ1v) is 10.1. The molecular formula is C21H13F3N4O2S. The van der Waals surface area contributed by atoms with Crippen LogP contribution >= 0.6 is 11.3 Å². The third kappa shape index (κ3) is 3.55. The summed E-state index contributed by atoms with van der Waals surface area (Å²) in [6.07, 6.45) is -2.88. The normalized spacial score (nSPS) is 12.0. The van der Waals surface area contributed by atoms with Crippen LogP contribution in [0.3, 0.4) is 0 Å². The predicted molar refractivity (Wildman–Crippen MR) is 111 cm³/mol. The second-order valence-corrected chi connectivity index (χ2v) is 7.57. The van der Waals surface area contributed by atoms with Crippen molar-refractivity contribution >= 4 is 33.3 Å². The number of alkyl halides is 3. The van der Waals surface area contributed by atoms with E-state index in [1.54, 1.807) is 23.5 Å². The van der Waals surface area contributed by atoms with Crippen molar-refractivity contribution in [1.29, 1.82) is 0 Å². The van der Waals surface area contributed by atoms with Gasteiger partial charge in [0.1, 0.15) is 11.4 Å². The van der Waals surface area contributed by atoms with Crippen LogP contribution in [0.2, 0.25) is 0 Å². The molecule has 0 saturated carbocycles. The number of nitrogens with one attached hydrogen (secondary N) is 1. The SMILES string of the molecule is O=c1c2c(Cc3ccsc3)n[nH]c2c2cccnc2n1-c1cccc(OC(F)(F)F)c1. The van der Waals surface area contributed by atoms with Gasteiger partial charge in [0, 0.05) is 24.1 Å². The number of benzene rings is 1. The number of pyridine rings is 2. The highest BCUT2D eigenvalue weighted by Gasteiger charge is 2.31. The smallest absolute Gasteiger partial charge is 0.406 e. The van der Waals surface area contributed by atoms with Crippen LogP contribution in [0.25, 0.3) is 27.6 Å². The van der Waals surface area contributed by atoms with Crippen molar-refractivity contribution in [3.63, 3.8) is 0 Å². The second-order valence-electron chi connectivity index (χ2n) is 6.79. The molecule has 0 fully saturated rings. The summed E-state index contributed by atoms with van der Waals surface area (Å²) in [5.41, 5.74) is 2.19. The lowest BCUT2D eigenvalue weighted by molar-refractivity contribution is -0.274. The third-order valence-corrected chi connectivity index (χ3v) is 5.52. The van der Waals surface area contributed by atoms with E-state index in [-0.39, 0.29) is 5.69 Å². The Hall–Kier alpha value is -3.66. The van der Waals surface area contributed by atoms with Gasteiger partial charge in [0.15, 0.2) is 0 Å². The minimum absolute atomic E-state index is 0.208. The van der Waals surface area contributed by atoms with Crippen LogP contribution in [0.4, 0.5) is 13.2 Å². The topological polar surface area (TPSA) is 72.8 Å². The number of nitrogens with zero attached hydrogens (tertiary/aromatic N) is 3. The van der Waals surface area contributed by atoms with Crippen LogP contribution < -0.4 is 10.3 Å². The molecule has 5 rings (SSSR count). The summed E-state index contributed by atoms with van der Waals surface area (Å²) in [5, 5.41) is 12.2. The minimum Gasteiger partial charge on any atom is -0.406 e. The van der Waals surface area contributed by atoms with Gasteiger partial charge in [-0.1, -0.05) is 6.07 Å². The first kappa shape index (κ1) is 19.3. The van der Waals surface area contributed by atoms with Crippen LogP contribution in [0.1, 0.15) is 11.3 Å². The van der Waals surface area contributed by atoms with Crippen LogP contribution in [0.15, 0.2) is 64.2 Å². The van der Waals surface area contributed by atoms with Gasteiger partial charge >= 0.3 is 6.36 Å². The standard InChI is InChI=1S/C21H13F3N4O2S/c22-21(23,24)30-14-4-1-3-13(10-14)28-19-15(5-2-7-25-19)18-17(20(28)29)16(26-27-18)9-12-6-8-31-11-12/h1-8,10-11H,9H2,(H,26,27). The number of hydrogen-bond donors (Lipinski definition) is 1. The Kier molecular flexibility index (Phi) is 4.51. The number of rotatable bonds is 4. The zero-order chi connectivity index (χ0) is 21.6. The summed E-state index contributed by atoms with van der Waals surface area (Å²) in [7, 11) is 0. The van der Waals surface area contributed by atoms with Crippen molar-refractivity contribution in [1.82, 2.24) is 19.7 Å². The first-order valence-electron chi connectivity index (χ1n) is 9.15. The molecule has 0 aliphatic rings. The lowest BCUT2D eigenvalue weighted by atomic mass is 10.1. The Morgan fingerprint density at radius 1 is 1.16 bits per heavy atom. The van der Waals surface area contributed by atoms with Gasteiger partial charge in [0.25, 0.3) is 5.56 Å². The highest BCUT2D eigenvalue weighted by atomic mass is 32.1. The number of thiophene rings is 1. The average Bonchev–Trinajstić information content (AvgIpc) is 3.38. The first-order chi connectivity index (χ1) is 14.9. The lowest BCUT2D eigenvalue weighted by Gasteiger charge is -2.13. The van der Waals surface area contributed by atoms with Gasteiger partial charge in [-0.05, 0) is 46.7 Å². The van der Waals surface area contributed by atoms with Gasteiger partial charge in [-0.15, -0.1) is 13.2 Å². The molecule has 0 bridgehead atoms. The highest BCUT2D eigenvalue weighted by Crippen LogP contribution is 2.28. The Bertz CT molecular complexity index is 1460. The summed E-state index contributed by atoms with van der Waals surface area (Å²) < 4.78 is 43.4. The zero-order valence-electron chi connectivity index (χ0n) is 15.7. The number of halogens is 3. The molecule has 0 atom stereocenters. The second kappa shape index (κ2) is 7.24. The van der Waals surface area contributed by atoms with Crippen molar-refractivity contribution in [2.24, 2.45) is 0 Å². The van der Waals surface area contributed by atoms with E-state index in [0.29, 0.717) is 34.1 Å². The molecule has 0 saturated heterocycles. The number of H-pyrrole nitrogens is 1. The maximum Gasteiger partial charge on any atom is 0.573 e. The van der Waals surface area contributed by atoms with E-state index in [4.69, 9.17) is 0 Å². The molecule has 5 aromatic rings. The molecule has 0 amide bonds. The lowest BCUT2D eigenvalue weighted by Crippen LogP contribution is -2.21. The van der Waals surface area contributed by atoms with E-state index in [9.17, 15) is 18.0 Å². The maximum atomic E-state index is 13.6. The van der Waals surface area contributed by atoms with E-state index in [2.05, 4.69) is 19.9 Å². The molecule has 0 aliphatic carbocycles. The van der Waals surface area contributed by atoms with E-state index in [1.165, 1.54) is 29.0 Å². The molecule has 1 N–H and O–H groups in total. The number of aromatic nitrogens is 4. The minimum atomic E-state index is -4.84. The highest BCUT2D eigenvalue weighted by molar-refractivity contribution is 7.07. The van der Waals surface area contributed by atoms with E-state index < -0.39 is 17.7 Å². The molecule has 1 aromatic carbocycles. The molecule has 156 valence electrons. The van der Waals surface area contributed by atoms with E-state index in [1.807, 2.05) is 16.8 Å².